The molecule has 73 valence electrons. The van der Waals surface area contributed by atoms with Crippen LogP contribution in [0.2, 0.25) is 0 Å². The standard InChI is InChI=1S/C10H6F3S/c1-6-9-7(5-14-6)3-2-4-8(9)10(11,12)13/h2-4H,1H3. The van der Waals surface area contributed by atoms with Gasteiger partial charge >= 0.3 is 6.18 Å². The van der Waals surface area contributed by atoms with Gasteiger partial charge in [-0.1, -0.05) is 12.1 Å². The molecule has 0 saturated carbocycles. The zero-order chi connectivity index (χ0) is 10.3. The zero-order valence-corrected chi connectivity index (χ0v) is 8.09. The van der Waals surface area contributed by atoms with E-state index in [0.29, 0.717) is 10.3 Å². The number of thiophene rings is 1. The second kappa shape index (κ2) is 2.98. The molecule has 1 aromatic carbocycles. The molecule has 2 rings (SSSR count). The van der Waals surface area contributed by atoms with Crippen molar-refractivity contribution in [2.45, 2.75) is 13.1 Å². The van der Waals surface area contributed by atoms with E-state index in [0.717, 1.165) is 6.07 Å². The van der Waals surface area contributed by atoms with Gasteiger partial charge in [0.25, 0.3) is 0 Å². The number of hydrogen-bond acceptors (Lipinski definition) is 1. The number of benzene rings is 1. The molecule has 4 heteroatoms. The summed E-state index contributed by atoms with van der Waals surface area (Å²) in [6.45, 7) is 1.68. The van der Waals surface area contributed by atoms with Crippen LogP contribution in [0.4, 0.5) is 13.2 Å². The van der Waals surface area contributed by atoms with Crippen molar-refractivity contribution < 1.29 is 13.2 Å². The maximum atomic E-state index is 12.6. The van der Waals surface area contributed by atoms with Crippen molar-refractivity contribution in [2.75, 3.05) is 0 Å². The molecule has 0 N–H and O–H groups in total. The molecule has 0 aliphatic carbocycles. The summed E-state index contributed by atoms with van der Waals surface area (Å²) in [6, 6.07) is 4.16. The number of aryl methyl sites for hydroxylation is 1. The van der Waals surface area contributed by atoms with E-state index in [1.165, 1.54) is 17.4 Å². The van der Waals surface area contributed by atoms with Crippen molar-refractivity contribution in [1.29, 1.82) is 0 Å². The third kappa shape index (κ3) is 1.39. The molecule has 0 saturated heterocycles. The van der Waals surface area contributed by atoms with E-state index >= 15 is 0 Å². The Kier molecular flexibility index (Phi) is 2.03. The topological polar surface area (TPSA) is 0 Å². The summed E-state index contributed by atoms with van der Waals surface area (Å²) >= 11 is 1.22. The summed E-state index contributed by atoms with van der Waals surface area (Å²) in [5.74, 6) is 0. The predicted molar refractivity (Wildman–Crippen MR) is 50.4 cm³/mol. The molecule has 0 aliphatic rings. The van der Waals surface area contributed by atoms with Gasteiger partial charge in [-0.2, -0.15) is 13.2 Å². The largest absolute Gasteiger partial charge is 0.417 e. The Balaban J connectivity index is 2.82. The maximum absolute atomic E-state index is 12.6. The minimum atomic E-state index is -4.28. The second-order valence-corrected chi connectivity index (χ2v) is 4.01. The van der Waals surface area contributed by atoms with Gasteiger partial charge in [0, 0.05) is 15.6 Å². The number of alkyl halides is 3. The smallest absolute Gasteiger partial charge is 0.166 e. The van der Waals surface area contributed by atoms with Crippen LogP contribution in [0.3, 0.4) is 0 Å². The Morgan fingerprint density at radius 2 is 2.00 bits per heavy atom. The molecule has 0 spiro atoms. The summed E-state index contributed by atoms with van der Waals surface area (Å²) in [5, 5.41) is 3.67. The first-order valence-corrected chi connectivity index (χ1v) is 4.79. The molecule has 0 aliphatic heterocycles. The molecule has 2 aromatic rings. The third-order valence-corrected chi connectivity index (χ3v) is 2.87. The lowest BCUT2D eigenvalue weighted by atomic mass is 10.1. The fourth-order valence-corrected chi connectivity index (χ4v) is 2.19. The average molecular weight is 215 g/mol. The van der Waals surface area contributed by atoms with Crippen LogP contribution in [-0.2, 0) is 6.18 Å². The van der Waals surface area contributed by atoms with E-state index in [1.807, 2.05) is 0 Å². The van der Waals surface area contributed by atoms with Crippen LogP contribution in [0.1, 0.15) is 10.4 Å². The van der Waals surface area contributed by atoms with Crippen LogP contribution in [-0.4, -0.2) is 0 Å². The summed E-state index contributed by atoms with van der Waals surface area (Å²) in [6.07, 6.45) is -4.28. The second-order valence-electron chi connectivity index (χ2n) is 2.99. The minimum absolute atomic E-state index is 0.282. The highest BCUT2D eigenvalue weighted by Gasteiger charge is 2.33. The zero-order valence-electron chi connectivity index (χ0n) is 7.27. The molecule has 0 fully saturated rings. The summed E-state index contributed by atoms with van der Waals surface area (Å²) in [5.41, 5.74) is -0.565. The Hall–Kier alpha value is -1.03. The molecule has 1 heterocycles. The lowest BCUT2D eigenvalue weighted by Gasteiger charge is -2.08. The first-order valence-electron chi connectivity index (χ1n) is 3.97. The Bertz CT molecular complexity index is 468. The van der Waals surface area contributed by atoms with E-state index in [2.05, 4.69) is 5.38 Å². The van der Waals surface area contributed by atoms with E-state index in [-0.39, 0.29) is 5.39 Å². The van der Waals surface area contributed by atoms with Crippen LogP contribution in [0.25, 0.3) is 10.8 Å². The van der Waals surface area contributed by atoms with E-state index in [4.69, 9.17) is 0 Å². The molecule has 1 radical (unpaired) electrons. The van der Waals surface area contributed by atoms with Crippen molar-refractivity contribution in [2.24, 2.45) is 0 Å². The predicted octanol–water partition coefficient (Wildman–Crippen LogP) is 4.03. The summed E-state index contributed by atoms with van der Waals surface area (Å²) in [4.78, 5) is 0.660. The number of fused-ring (bicyclic) bond motifs is 1. The van der Waals surface area contributed by atoms with Gasteiger partial charge in [0.05, 0.1) is 10.9 Å². The fraction of sp³-hybridized carbons (Fsp3) is 0.200. The third-order valence-electron chi connectivity index (χ3n) is 2.04. The number of halogens is 3. The molecule has 0 atom stereocenters. The first kappa shape index (κ1) is 9.52. The van der Waals surface area contributed by atoms with Crippen molar-refractivity contribution >= 4 is 22.1 Å². The van der Waals surface area contributed by atoms with Gasteiger partial charge in [0.15, 0.2) is 0 Å². The number of hydrogen-bond donors (Lipinski definition) is 0. The van der Waals surface area contributed by atoms with Gasteiger partial charge in [-0.25, -0.2) is 0 Å². The SMILES string of the molecule is Cc1s[c]c2cccc(C(F)(F)F)c12. The highest BCUT2D eigenvalue weighted by Crippen LogP contribution is 2.37. The number of rotatable bonds is 0. The summed E-state index contributed by atoms with van der Waals surface area (Å²) in [7, 11) is 0. The van der Waals surface area contributed by atoms with E-state index in [1.54, 1.807) is 13.0 Å². The van der Waals surface area contributed by atoms with Crippen molar-refractivity contribution in [3.05, 3.63) is 34.0 Å². The van der Waals surface area contributed by atoms with Crippen LogP contribution in [0.5, 0.6) is 0 Å². The molecular formula is C10H6F3S. The van der Waals surface area contributed by atoms with Crippen molar-refractivity contribution in [3.8, 4) is 0 Å². The fourth-order valence-electron chi connectivity index (χ4n) is 1.44. The average Bonchev–Trinajstić information content (AvgIpc) is 2.46. The molecule has 1 aromatic heterocycles. The monoisotopic (exact) mass is 215 g/mol. The minimum Gasteiger partial charge on any atom is -0.166 e. The highest BCUT2D eigenvalue weighted by molar-refractivity contribution is 7.11. The van der Waals surface area contributed by atoms with Gasteiger partial charge in [-0.05, 0) is 13.0 Å². The normalized spacial score (nSPS) is 12.3. The molecule has 0 unspecified atom stereocenters. The molecule has 0 bridgehead atoms. The van der Waals surface area contributed by atoms with E-state index in [9.17, 15) is 13.2 Å². The summed E-state index contributed by atoms with van der Waals surface area (Å²) < 4.78 is 37.7. The maximum Gasteiger partial charge on any atom is 0.417 e. The van der Waals surface area contributed by atoms with Crippen LogP contribution in [0.15, 0.2) is 18.2 Å². The Morgan fingerprint density at radius 1 is 1.29 bits per heavy atom. The van der Waals surface area contributed by atoms with Crippen LogP contribution >= 0.6 is 11.3 Å². The van der Waals surface area contributed by atoms with Gasteiger partial charge in [-0.3, -0.25) is 0 Å². The van der Waals surface area contributed by atoms with Crippen LogP contribution in [0, 0.1) is 12.3 Å². The van der Waals surface area contributed by atoms with Gasteiger partial charge in [-0.15, -0.1) is 11.3 Å². The lowest BCUT2D eigenvalue weighted by Crippen LogP contribution is -2.05. The Labute approximate surface area is 83.0 Å². The molecule has 0 nitrogen and oxygen atoms in total. The molecular weight excluding hydrogens is 209 g/mol. The van der Waals surface area contributed by atoms with Gasteiger partial charge in [0.1, 0.15) is 0 Å². The van der Waals surface area contributed by atoms with Gasteiger partial charge < -0.3 is 0 Å². The molecule has 14 heavy (non-hydrogen) atoms. The van der Waals surface area contributed by atoms with Crippen LogP contribution < -0.4 is 0 Å². The highest BCUT2D eigenvalue weighted by atomic mass is 32.1. The lowest BCUT2D eigenvalue weighted by molar-refractivity contribution is -0.136. The van der Waals surface area contributed by atoms with E-state index < -0.39 is 11.7 Å². The Morgan fingerprint density at radius 3 is 2.64 bits per heavy atom. The molecule has 0 amide bonds. The first-order chi connectivity index (χ1) is 6.50. The van der Waals surface area contributed by atoms with Gasteiger partial charge in [0.2, 0.25) is 0 Å². The van der Waals surface area contributed by atoms with Crippen molar-refractivity contribution in [1.82, 2.24) is 0 Å². The quantitative estimate of drug-likeness (QED) is 0.622. The van der Waals surface area contributed by atoms with Crippen molar-refractivity contribution in [3.63, 3.8) is 0 Å².